The Morgan fingerprint density at radius 3 is 1.02 bits per heavy atom. The number of aryl methyl sites for hydroxylation is 4. The summed E-state index contributed by atoms with van der Waals surface area (Å²) in [4.78, 5) is 19.0. The number of pyridine rings is 4. The zero-order valence-electron chi connectivity index (χ0n) is 52.0. The van der Waals surface area contributed by atoms with Gasteiger partial charge in [0.25, 0.3) is 0 Å². The first kappa shape index (κ1) is 59.1. The Morgan fingerprint density at radius 2 is 0.600 bits per heavy atom. The number of hydrogen-bond acceptors (Lipinski definition) is 6. The Hall–Kier alpha value is -9.89. The van der Waals surface area contributed by atoms with E-state index in [9.17, 15) is 0 Å². The molecule has 4 aromatic heterocycles. The van der Waals surface area contributed by atoms with Gasteiger partial charge in [-0.25, -0.2) is 0 Å². The zero-order chi connectivity index (χ0) is 62.1. The van der Waals surface area contributed by atoms with Crippen LogP contribution in [0.15, 0.2) is 267 Å². The van der Waals surface area contributed by atoms with Crippen molar-refractivity contribution in [1.29, 1.82) is 0 Å². The number of aromatic nitrogens is 4. The molecule has 15 rings (SSSR count). The van der Waals surface area contributed by atoms with Crippen LogP contribution in [0.3, 0.4) is 0 Å². The molecule has 1 saturated heterocycles. The molecule has 0 unspecified atom stereocenters. The number of rotatable bonds is 8. The van der Waals surface area contributed by atoms with E-state index in [0.717, 1.165) is 88.0 Å². The van der Waals surface area contributed by atoms with Gasteiger partial charge in [0.2, 0.25) is 0 Å². The third-order valence-corrected chi connectivity index (χ3v) is 17.7. The minimum Gasteiger partial charge on any atom is -0.399 e. The summed E-state index contributed by atoms with van der Waals surface area (Å²) < 4.78 is 12.8. The zero-order valence-corrected chi connectivity index (χ0v) is 52.7. The number of hydrogen-bond donors (Lipinski definition) is 0. The molecule has 1 aliphatic rings. The maximum atomic E-state index is 6.39. The van der Waals surface area contributed by atoms with Crippen molar-refractivity contribution in [2.24, 2.45) is 0 Å². The second-order valence-corrected chi connectivity index (χ2v) is 24.8. The van der Waals surface area contributed by atoms with Gasteiger partial charge in [-0.2, -0.15) is 0 Å². The summed E-state index contributed by atoms with van der Waals surface area (Å²) in [5.74, 6) is 0. The van der Waals surface area contributed by atoms with E-state index in [1.807, 2.05) is 57.2 Å². The van der Waals surface area contributed by atoms with E-state index in [2.05, 4.69) is 275 Å². The topological polar surface area (TPSA) is 70.0 Å². The van der Waals surface area contributed by atoms with Gasteiger partial charge in [0.05, 0.1) is 38.3 Å². The van der Waals surface area contributed by atoms with Gasteiger partial charge in [-0.1, -0.05) is 230 Å². The van der Waals surface area contributed by atoms with Crippen LogP contribution in [0.2, 0.25) is 5.02 Å². The van der Waals surface area contributed by atoms with Crippen LogP contribution < -0.4 is 5.46 Å². The van der Waals surface area contributed by atoms with Gasteiger partial charge in [-0.3, -0.25) is 19.9 Å². The predicted molar refractivity (Wildman–Crippen MR) is 378 cm³/mol. The van der Waals surface area contributed by atoms with Gasteiger partial charge >= 0.3 is 7.12 Å². The minimum absolute atomic E-state index is 0.377. The highest BCUT2D eigenvalue weighted by molar-refractivity contribution is 6.62. The maximum absolute atomic E-state index is 6.39. The van der Waals surface area contributed by atoms with E-state index in [0.29, 0.717) is 0 Å². The summed E-state index contributed by atoms with van der Waals surface area (Å²) >= 11 is 6.23. The molecule has 0 saturated carbocycles. The Labute approximate surface area is 533 Å². The Kier molecular flexibility index (Phi) is 16.4. The molecule has 1 aliphatic heterocycles. The summed E-state index contributed by atoms with van der Waals surface area (Å²) in [6, 6.07) is 94.1. The lowest BCUT2D eigenvalue weighted by Crippen LogP contribution is -2.41. The lowest BCUT2D eigenvalue weighted by molar-refractivity contribution is 0.00578. The van der Waals surface area contributed by atoms with Crippen LogP contribution in [0.4, 0.5) is 0 Å². The highest BCUT2D eigenvalue weighted by Crippen LogP contribution is 2.40. The summed E-state index contributed by atoms with van der Waals surface area (Å²) in [6.07, 6.45) is 0. The van der Waals surface area contributed by atoms with Crippen LogP contribution in [0.25, 0.3) is 122 Å². The molecule has 1 fully saturated rings. The second-order valence-electron chi connectivity index (χ2n) is 24.4. The lowest BCUT2D eigenvalue weighted by atomic mass is 9.76. The van der Waals surface area contributed by atoms with Gasteiger partial charge in [0.1, 0.15) is 0 Å². The molecule has 0 aliphatic carbocycles. The second kappa shape index (κ2) is 24.9. The quantitative estimate of drug-likeness (QED) is 0.112. The van der Waals surface area contributed by atoms with E-state index < -0.39 is 7.12 Å². The van der Waals surface area contributed by atoms with Crippen LogP contribution >= 0.6 is 11.6 Å². The van der Waals surface area contributed by atoms with Gasteiger partial charge in [-0.15, -0.1) is 0 Å². The standard InChI is InChI=1S/C38H28N2.C30H29BO2.C14H11ClN2/c1-25-13-14-31-19-20-35-36(21-26(2)40-38(35)37(31)39-25)34-23-32(28-11-7-4-8-12-28)22-33(24-34)30-17-15-29(16-18-30)27-9-5-3-6-10-27;1-29(2)30(3,4)33-31(32-29)28-20-26(23-13-9-6-10-14-23)19-27(21-28)25-17-15-24(16-18-25)22-11-7-5-8-12-22;1-8-3-4-10-5-6-11-12(15)7-9(2)17-14(11)13(10)16-8/h3-24H,1-2H3;5-21H,1-4H3;3-7H,1-2H3. The molecule has 0 N–H and O–H groups in total. The molecular formula is C82H68BClN4O2. The number of halogens is 1. The molecule has 0 amide bonds. The van der Waals surface area contributed by atoms with Crippen LogP contribution in [-0.4, -0.2) is 38.3 Å². The molecule has 0 radical (unpaired) electrons. The average Bonchev–Trinajstić information content (AvgIpc) is 1.36. The van der Waals surface area contributed by atoms with Gasteiger partial charge in [0, 0.05) is 44.3 Å². The average molecular weight is 1190 g/mol. The van der Waals surface area contributed by atoms with Crippen molar-refractivity contribution in [2.45, 2.75) is 66.6 Å². The van der Waals surface area contributed by atoms with E-state index in [4.69, 9.17) is 30.9 Å². The third-order valence-electron chi connectivity index (χ3n) is 17.4. The van der Waals surface area contributed by atoms with E-state index >= 15 is 0 Å². The van der Waals surface area contributed by atoms with Crippen molar-refractivity contribution in [3.05, 3.63) is 295 Å². The van der Waals surface area contributed by atoms with Crippen LogP contribution in [-0.2, 0) is 9.31 Å². The van der Waals surface area contributed by atoms with E-state index in [-0.39, 0.29) is 11.2 Å². The molecule has 438 valence electrons. The molecule has 14 aromatic rings. The number of fused-ring (bicyclic) bond motifs is 6. The van der Waals surface area contributed by atoms with Crippen molar-refractivity contribution >= 4 is 67.8 Å². The summed E-state index contributed by atoms with van der Waals surface area (Å²) in [7, 11) is -0.402. The molecule has 90 heavy (non-hydrogen) atoms. The fraction of sp³-hybridized carbons (Fsp3) is 0.122. The molecule has 8 heteroatoms. The normalized spacial score (nSPS) is 13.2. The fourth-order valence-electron chi connectivity index (χ4n) is 11.8. The molecule has 0 spiro atoms. The predicted octanol–water partition coefficient (Wildman–Crippen LogP) is 21.1. The Balaban J connectivity index is 0.000000133. The summed E-state index contributed by atoms with van der Waals surface area (Å²) in [5, 5.41) is 5.02. The van der Waals surface area contributed by atoms with Crippen LogP contribution in [0, 0.1) is 27.7 Å². The number of nitrogens with zero attached hydrogens (tertiary/aromatic N) is 4. The Bertz CT molecular complexity index is 4910. The smallest absolute Gasteiger partial charge is 0.399 e. The number of benzene rings is 10. The molecule has 6 nitrogen and oxygen atoms in total. The fourth-order valence-corrected chi connectivity index (χ4v) is 12.1. The van der Waals surface area contributed by atoms with Crippen molar-refractivity contribution in [3.8, 4) is 77.9 Å². The van der Waals surface area contributed by atoms with Crippen molar-refractivity contribution in [3.63, 3.8) is 0 Å². The van der Waals surface area contributed by atoms with Gasteiger partial charge < -0.3 is 9.31 Å². The van der Waals surface area contributed by atoms with Gasteiger partial charge in [0.15, 0.2) is 0 Å². The van der Waals surface area contributed by atoms with Crippen molar-refractivity contribution < 1.29 is 9.31 Å². The molecular weight excluding hydrogens is 1120 g/mol. The van der Waals surface area contributed by atoms with E-state index in [1.165, 1.54) is 66.8 Å². The molecule has 0 bridgehead atoms. The Morgan fingerprint density at radius 1 is 0.289 bits per heavy atom. The first-order valence-corrected chi connectivity index (χ1v) is 31.1. The van der Waals surface area contributed by atoms with Crippen LogP contribution in [0.5, 0.6) is 0 Å². The van der Waals surface area contributed by atoms with Crippen molar-refractivity contribution in [1.82, 2.24) is 19.9 Å². The lowest BCUT2D eigenvalue weighted by Gasteiger charge is -2.32. The summed E-state index contributed by atoms with van der Waals surface area (Å²) in [5.41, 5.74) is 24.5. The maximum Gasteiger partial charge on any atom is 0.494 e. The van der Waals surface area contributed by atoms with Crippen LogP contribution in [0.1, 0.15) is 50.5 Å². The molecule has 10 aromatic carbocycles. The third kappa shape index (κ3) is 12.5. The minimum atomic E-state index is -0.402. The highest BCUT2D eigenvalue weighted by atomic mass is 35.5. The SMILES string of the molecule is CC1(C)OB(c2cc(-c3ccccc3)cc(-c3ccc(-c4ccccc4)cc3)c2)OC1(C)C.Cc1ccc2ccc3c(-c4cc(-c5ccccc5)cc(-c5ccc(-c6ccccc6)cc5)c4)cc(C)nc3c2n1.Cc1ccc2ccc3c(Cl)cc(C)nc3c2n1. The molecule has 5 heterocycles. The van der Waals surface area contributed by atoms with Crippen molar-refractivity contribution in [2.75, 3.05) is 0 Å². The largest absolute Gasteiger partial charge is 0.494 e. The first-order chi connectivity index (χ1) is 43.6. The first-order valence-electron chi connectivity index (χ1n) is 30.7. The monoisotopic (exact) mass is 1190 g/mol. The molecule has 0 atom stereocenters. The summed E-state index contributed by atoms with van der Waals surface area (Å²) in [6.45, 7) is 16.4. The van der Waals surface area contributed by atoms with Gasteiger partial charge in [-0.05, 0) is 187 Å². The van der Waals surface area contributed by atoms with E-state index in [1.54, 1.807) is 0 Å². The highest BCUT2D eigenvalue weighted by Gasteiger charge is 2.52.